The highest BCUT2D eigenvalue weighted by Gasteiger charge is 2.20. The van der Waals surface area contributed by atoms with E-state index in [0.717, 1.165) is 5.56 Å². The number of hydrogen-bond donors (Lipinski definition) is 1. The molecule has 0 amide bonds. The van der Waals surface area contributed by atoms with Gasteiger partial charge in [0.2, 0.25) is 0 Å². The summed E-state index contributed by atoms with van der Waals surface area (Å²) in [7, 11) is 0. The zero-order valence-electron chi connectivity index (χ0n) is 10.7. The van der Waals surface area contributed by atoms with E-state index >= 15 is 0 Å². The number of halogens is 1. The Morgan fingerprint density at radius 1 is 1.39 bits per heavy atom. The lowest BCUT2D eigenvalue weighted by Crippen LogP contribution is -2.36. The molecule has 1 aliphatic rings. The molecule has 96 valence electrons. The molecule has 0 heterocycles. The molecule has 2 rings (SSSR count). The van der Waals surface area contributed by atoms with Gasteiger partial charge in [-0.1, -0.05) is 19.8 Å². The van der Waals surface area contributed by atoms with Crippen molar-refractivity contribution in [2.45, 2.75) is 45.2 Å². The number of hydrogen-bond acceptors (Lipinski definition) is 2. The highest BCUT2D eigenvalue weighted by Crippen LogP contribution is 2.24. The smallest absolute Gasteiger partial charge is 0.123 e. The topological polar surface area (TPSA) is 35.8 Å². The molecule has 0 aromatic heterocycles. The Kier molecular flexibility index (Phi) is 4.33. The van der Waals surface area contributed by atoms with Crippen LogP contribution in [0.3, 0.4) is 0 Å². The van der Waals surface area contributed by atoms with Gasteiger partial charge in [-0.15, -0.1) is 0 Å². The molecule has 2 nitrogen and oxygen atoms in total. The largest absolute Gasteiger partial charge is 0.310 e. The normalized spacial score (nSPS) is 23.6. The highest BCUT2D eigenvalue weighted by molar-refractivity contribution is 5.37. The summed E-state index contributed by atoms with van der Waals surface area (Å²) in [6.07, 6.45) is 5.00. The highest BCUT2D eigenvalue weighted by atomic mass is 19.1. The van der Waals surface area contributed by atoms with Crippen LogP contribution in [0.15, 0.2) is 18.2 Å². The van der Waals surface area contributed by atoms with Gasteiger partial charge in [-0.2, -0.15) is 5.26 Å². The molecule has 1 aliphatic carbocycles. The molecule has 1 aromatic rings. The summed E-state index contributed by atoms with van der Waals surface area (Å²) in [6.45, 7) is 2.84. The maximum Gasteiger partial charge on any atom is 0.123 e. The lowest BCUT2D eigenvalue weighted by Gasteiger charge is -2.29. The van der Waals surface area contributed by atoms with E-state index in [1.807, 2.05) is 0 Å². The third-order valence-electron chi connectivity index (χ3n) is 3.85. The van der Waals surface area contributed by atoms with E-state index in [4.69, 9.17) is 5.26 Å². The van der Waals surface area contributed by atoms with Crippen LogP contribution >= 0.6 is 0 Å². The van der Waals surface area contributed by atoms with E-state index in [0.29, 0.717) is 24.1 Å². The SMILES string of the molecule is CC1CCCCC1NCc1cc(F)ccc1C#N. The van der Waals surface area contributed by atoms with Crippen molar-refractivity contribution in [1.82, 2.24) is 5.32 Å². The first-order valence-electron chi connectivity index (χ1n) is 6.62. The van der Waals surface area contributed by atoms with Crippen molar-refractivity contribution in [2.75, 3.05) is 0 Å². The van der Waals surface area contributed by atoms with E-state index in [1.54, 1.807) is 6.07 Å². The molecule has 0 spiro atoms. The Morgan fingerprint density at radius 2 is 2.17 bits per heavy atom. The Hall–Kier alpha value is -1.40. The molecule has 1 fully saturated rings. The summed E-state index contributed by atoms with van der Waals surface area (Å²) in [5.74, 6) is 0.389. The molecule has 1 N–H and O–H groups in total. The number of benzene rings is 1. The summed E-state index contributed by atoms with van der Waals surface area (Å²) >= 11 is 0. The van der Waals surface area contributed by atoms with Gasteiger partial charge in [0.05, 0.1) is 11.6 Å². The fraction of sp³-hybridized carbons (Fsp3) is 0.533. The van der Waals surface area contributed by atoms with Gasteiger partial charge in [0.25, 0.3) is 0 Å². The molecular weight excluding hydrogens is 227 g/mol. The van der Waals surface area contributed by atoms with Crippen LogP contribution in [0.1, 0.15) is 43.7 Å². The second-order valence-corrected chi connectivity index (χ2v) is 5.16. The predicted octanol–water partition coefficient (Wildman–Crippen LogP) is 3.37. The van der Waals surface area contributed by atoms with Gasteiger partial charge in [0.1, 0.15) is 5.82 Å². The first kappa shape index (κ1) is 13.0. The Morgan fingerprint density at radius 3 is 2.89 bits per heavy atom. The molecule has 2 unspecified atom stereocenters. The van der Waals surface area contributed by atoms with Crippen LogP contribution in [0.25, 0.3) is 0 Å². The van der Waals surface area contributed by atoms with Gasteiger partial charge in [0, 0.05) is 12.6 Å². The van der Waals surface area contributed by atoms with Crippen LogP contribution in [0.2, 0.25) is 0 Å². The first-order chi connectivity index (χ1) is 8.70. The summed E-state index contributed by atoms with van der Waals surface area (Å²) in [5.41, 5.74) is 1.32. The molecule has 0 radical (unpaired) electrons. The van der Waals surface area contributed by atoms with Crippen molar-refractivity contribution in [1.29, 1.82) is 5.26 Å². The van der Waals surface area contributed by atoms with Gasteiger partial charge < -0.3 is 5.32 Å². The van der Waals surface area contributed by atoms with Crippen LogP contribution in [0, 0.1) is 23.1 Å². The summed E-state index contributed by atoms with van der Waals surface area (Å²) < 4.78 is 13.2. The predicted molar refractivity (Wildman–Crippen MR) is 69.4 cm³/mol. The van der Waals surface area contributed by atoms with E-state index < -0.39 is 0 Å². The minimum Gasteiger partial charge on any atom is -0.310 e. The van der Waals surface area contributed by atoms with E-state index in [9.17, 15) is 4.39 Å². The fourth-order valence-electron chi connectivity index (χ4n) is 2.68. The van der Waals surface area contributed by atoms with Crippen LogP contribution < -0.4 is 5.32 Å². The van der Waals surface area contributed by atoms with Gasteiger partial charge in [-0.05, 0) is 42.5 Å². The van der Waals surface area contributed by atoms with E-state index in [2.05, 4.69) is 18.3 Å². The average molecular weight is 246 g/mol. The standard InChI is InChI=1S/C15H19FN2/c1-11-4-2-3-5-15(11)18-10-13-8-14(16)7-6-12(13)9-17/h6-8,11,15,18H,2-5,10H2,1H3. The fourth-order valence-corrected chi connectivity index (χ4v) is 2.68. The van der Waals surface area contributed by atoms with Crippen LogP contribution in [-0.2, 0) is 6.54 Å². The van der Waals surface area contributed by atoms with Crippen molar-refractivity contribution in [2.24, 2.45) is 5.92 Å². The van der Waals surface area contributed by atoms with Crippen molar-refractivity contribution in [3.8, 4) is 6.07 Å². The van der Waals surface area contributed by atoms with Crippen LogP contribution in [-0.4, -0.2) is 6.04 Å². The summed E-state index contributed by atoms with van der Waals surface area (Å²) in [6, 6.07) is 6.96. The quantitative estimate of drug-likeness (QED) is 0.887. The molecule has 0 aliphatic heterocycles. The zero-order valence-corrected chi connectivity index (χ0v) is 10.7. The minimum atomic E-state index is -0.275. The maximum atomic E-state index is 13.2. The zero-order chi connectivity index (χ0) is 13.0. The average Bonchev–Trinajstić information content (AvgIpc) is 2.38. The summed E-state index contributed by atoms with van der Waals surface area (Å²) in [5, 5.41) is 12.5. The third kappa shape index (κ3) is 3.08. The van der Waals surface area contributed by atoms with E-state index in [-0.39, 0.29) is 5.82 Å². The number of nitriles is 1. The van der Waals surface area contributed by atoms with Gasteiger partial charge in [-0.3, -0.25) is 0 Å². The van der Waals surface area contributed by atoms with Crippen molar-refractivity contribution < 1.29 is 4.39 Å². The van der Waals surface area contributed by atoms with Crippen molar-refractivity contribution >= 4 is 0 Å². The Labute approximate surface area is 108 Å². The third-order valence-corrected chi connectivity index (χ3v) is 3.85. The van der Waals surface area contributed by atoms with Gasteiger partial charge in [0.15, 0.2) is 0 Å². The molecule has 3 heteroatoms. The molecule has 0 saturated heterocycles. The first-order valence-corrected chi connectivity index (χ1v) is 6.62. The van der Waals surface area contributed by atoms with Crippen LogP contribution in [0.5, 0.6) is 0 Å². The molecular formula is C15H19FN2. The monoisotopic (exact) mass is 246 g/mol. The number of nitrogens with one attached hydrogen (secondary N) is 1. The molecule has 2 atom stereocenters. The second-order valence-electron chi connectivity index (χ2n) is 5.16. The molecule has 1 aromatic carbocycles. The Balaban J connectivity index is 2.01. The Bertz CT molecular complexity index is 450. The van der Waals surface area contributed by atoms with Gasteiger partial charge >= 0.3 is 0 Å². The second kappa shape index (κ2) is 5.97. The maximum absolute atomic E-state index is 13.2. The van der Waals surface area contributed by atoms with Crippen LogP contribution in [0.4, 0.5) is 4.39 Å². The van der Waals surface area contributed by atoms with Gasteiger partial charge in [-0.25, -0.2) is 4.39 Å². The minimum absolute atomic E-state index is 0.275. The van der Waals surface area contributed by atoms with E-state index in [1.165, 1.54) is 37.8 Å². The van der Waals surface area contributed by atoms with Crippen molar-refractivity contribution in [3.63, 3.8) is 0 Å². The lowest BCUT2D eigenvalue weighted by atomic mass is 9.86. The van der Waals surface area contributed by atoms with Crippen molar-refractivity contribution in [3.05, 3.63) is 35.1 Å². The summed E-state index contributed by atoms with van der Waals surface area (Å²) in [4.78, 5) is 0. The molecule has 18 heavy (non-hydrogen) atoms. The number of rotatable bonds is 3. The number of nitrogens with zero attached hydrogens (tertiary/aromatic N) is 1. The molecule has 0 bridgehead atoms. The lowest BCUT2D eigenvalue weighted by molar-refractivity contribution is 0.279. The molecule has 1 saturated carbocycles.